The van der Waals surface area contributed by atoms with Crippen LogP contribution in [0, 0.1) is 5.41 Å². The van der Waals surface area contributed by atoms with Crippen molar-refractivity contribution in [3.63, 3.8) is 0 Å². The van der Waals surface area contributed by atoms with E-state index in [1.54, 1.807) is 12.1 Å². The lowest BCUT2D eigenvalue weighted by Gasteiger charge is -2.18. The maximum absolute atomic E-state index is 12.5. The molecule has 0 unspecified atom stereocenters. The van der Waals surface area contributed by atoms with Crippen molar-refractivity contribution in [2.24, 2.45) is 5.41 Å². The fraction of sp³-hybridized carbons (Fsp3) is 0.462. The average Bonchev–Trinajstić information content (AvgIpc) is 2.19. The van der Waals surface area contributed by atoms with Crippen LogP contribution in [0.25, 0.3) is 0 Å². The van der Waals surface area contributed by atoms with Crippen molar-refractivity contribution in [3.05, 3.63) is 23.2 Å². The summed E-state index contributed by atoms with van der Waals surface area (Å²) in [5.41, 5.74) is 0.158. The molecule has 0 aliphatic carbocycles. The zero-order valence-electron chi connectivity index (χ0n) is 11.0. The van der Waals surface area contributed by atoms with E-state index < -0.39 is 5.76 Å². The second-order valence-electron chi connectivity index (χ2n) is 5.28. The first-order valence-corrected chi connectivity index (χ1v) is 6.98. The number of nitrogens with one attached hydrogen (secondary N) is 1. The van der Waals surface area contributed by atoms with Gasteiger partial charge < -0.3 is 5.32 Å². The van der Waals surface area contributed by atoms with Crippen LogP contribution in [0.15, 0.2) is 23.1 Å². The van der Waals surface area contributed by atoms with E-state index >= 15 is 0 Å². The molecule has 0 heterocycles. The van der Waals surface area contributed by atoms with Crippen LogP contribution < -0.4 is 5.32 Å². The number of rotatable bonds is 4. The SMILES string of the molecule is CC(C)(C)CC(=O)Nc1cccc(Cl)c1SC(F)F. The first-order valence-electron chi connectivity index (χ1n) is 5.72. The summed E-state index contributed by atoms with van der Waals surface area (Å²) in [5, 5.41) is 2.84. The first-order chi connectivity index (χ1) is 8.69. The van der Waals surface area contributed by atoms with Gasteiger partial charge in [0, 0.05) is 6.42 Å². The molecule has 0 bridgehead atoms. The van der Waals surface area contributed by atoms with Gasteiger partial charge in [0.15, 0.2) is 0 Å². The van der Waals surface area contributed by atoms with Crippen LogP contribution in [0.2, 0.25) is 5.02 Å². The highest BCUT2D eigenvalue weighted by Crippen LogP contribution is 2.37. The van der Waals surface area contributed by atoms with Crippen molar-refractivity contribution < 1.29 is 13.6 Å². The number of benzene rings is 1. The molecule has 106 valence electrons. The molecule has 0 aromatic heterocycles. The van der Waals surface area contributed by atoms with Crippen molar-refractivity contribution in [2.45, 2.75) is 37.8 Å². The highest BCUT2D eigenvalue weighted by atomic mass is 35.5. The molecule has 6 heteroatoms. The molecule has 0 saturated carbocycles. The maximum Gasteiger partial charge on any atom is 0.289 e. The molecule has 0 fully saturated rings. The molecule has 0 aliphatic rings. The lowest BCUT2D eigenvalue weighted by molar-refractivity contribution is -0.117. The van der Waals surface area contributed by atoms with E-state index in [1.165, 1.54) is 6.07 Å². The predicted octanol–water partition coefficient (Wildman–Crippen LogP) is 5.03. The molecular weight excluding hydrogens is 292 g/mol. The first kappa shape index (κ1) is 16.2. The Hall–Kier alpha value is -0.810. The normalized spacial score (nSPS) is 11.7. The monoisotopic (exact) mass is 307 g/mol. The van der Waals surface area contributed by atoms with E-state index in [0.29, 0.717) is 23.9 Å². The van der Waals surface area contributed by atoms with E-state index in [9.17, 15) is 13.6 Å². The summed E-state index contributed by atoms with van der Waals surface area (Å²) >= 11 is 6.22. The Labute approximate surface area is 120 Å². The third-order valence-electron chi connectivity index (χ3n) is 2.14. The van der Waals surface area contributed by atoms with Gasteiger partial charge in [0.1, 0.15) is 0 Å². The van der Waals surface area contributed by atoms with Gasteiger partial charge in [0.25, 0.3) is 5.76 Å². The standard InChI is InChI=1S/C13H16ClF2NOS/c1-13(2,3)7-10(18)17-9-6-4-5-8(14)11(9)19-12(15)16/h4-6,12H,7H2,1-3H3,(H,17,18). The summed E-state index contributed by atoms with van der Waals surface area (Å²) in [6, 6.07) is 4.70. The minimum absolute atomic E-state index is 0.168. The van der Waals surface area contributed by atoms with E-state index in [4.69, 9.17) is 11.6 Å². The zero-order valence-corrected chi connectivity index (χ0v) is 12.5. The van der Waals surface area contributed by atoms with Gasteiger partial charge in [-0.3, -0.25) is 4.79 Å². The highest BCUT2D eigenvalue weighted by Gasteiger charge is 2.19. The number of halogens is 3. The van der Waals surface area contributed by atoms with Crippen molar-refractivity contribution in [2.75, 3.05) is 5.32 Å². The number of thioether (sulfide) groups is 1. The van der Waals surface area contributed by atoms with Gasteiger partial charge in [0.05, 0.1) is 15.6 Å². The number of anilines is 1. The second-order valence-corrected chi connectivity index (χ2v) is 6.69. The van der Waals surface area contributed by atoms with Crippen LogP contribution in [0.1, 0.15) is 27.2 Å². The summed E-state index contributed by atoms with van der Waals surface area (Å²) in [6.45, 7) is 5.79. The number of carbonyl (C=O) groups excluding carboxylic acids is 1. The molecule has 0 atom stereocenters. The number of hydrogen-bond acceptors (Lipinski definition) is 2. The van der Waals surface area contributed by atoms with E-state index in [1.807, 2.05) is 20.8 Å². The molecule has 1 N–H and O–H groups in total. The summed E-state index contributed by atoms with van der Waals surface area (Å²) in [5.74, 6) is -2.80. The Morgan fingerprint density at radius 1 is 1.42 bits per heavy atom. The van der Waals surface area contributed by atoms with E-state index in [-0.39, 0.29) is 21.2 Å². The smallest absolute Gasteiger partial charge is 0.289 e. The number of amides is 1. The van der Waals surface area contributed by atoms with E-state index in [0.717, 1.165) is 0 Å². The summed E-state index contributed by atoms with van der Waals surface area (Å²) in [7, 11) is 0. The molecule has 1 aromatic rings. The third kappa shape index (κ3) is 5.78. The van der Waals surface area contributed by atoms with Gasteiger partial charge in [-0.15, -0.1) is 0 Å². The molecule has 0 saturated heterocycles. The summed E-state index contributed by atoms with van der Waals surface area (Å²) in [6.07, 6.45) is 0.304. The maximum atomic E-state index is 12.5. The Kier molecular flexibility index (Phi) is 5.62. The minimum atomic E-state index is -2.59. The van der Waals surface area contributed by atoms with Crippen molar-refractivity contribution in [3.8, 4) is 0 Å². The van der Waals surface area contributed by atoms with Crippen LogP contribution in [0.4, 0.5) is 14.5 Å². The predicted molar refractivity (Wildman–Crippen MR) is 76.0 cm³/mol. The minimum Gasteiger partial charge on any atom is -0.325 e. The molecule has 0 spiro atoms. The van der Waals surface area contributed by atoms with Gasteiger partial charge in [-0.1, -0.05) is 50.2 Å². The Morgan fingerprint density at radius 3 is 2.58 bits per heavy atom. The number of carbonyl (C=O) groups is 1. The van der Waals surface area contributed by atoms with Crippen LogP contribution in [0.5, 0.6) is 0 Å². The van der Waals surface area contributed by atoms with Crippen LogP contribution in [-0.4, -0.2) is 11.7 Å². The number of alkyl halides is 2. The summed E-state index contributed by atoms with van der Waals surface area (Å²) < 4.78 is 25.0. The van der Waals surface area contributed by atoms with Crippen molar-refractivity contribution >= 4 is 35.0 Å². The number of hydrogen-bond donors (Lipinski definition) is 1. The molecule has 1 amide bonds. The molecule has 19 heavy (non-hydrogen) atoms. The zero-order chi connectivity index (χ0) is 14.6. The van der Waals surface area contributed by atoms with Crippen molar-refractivity contribution in [1.29, 1.82) is 0 Å². The van der Waals surface area contributed by atoms with Crippen molar-refractivity contribution in [1.82, 2.24) is 0 Å². The molecule has 2 nitrogen and oxygen atoms in total. The fourth-order valence-electron chi connectivity index (χ4n) is 1.49. The molecular formula is C13H16ClF2NOS. The molecule has 1 aromatic carbocycles. The van der Waals surface area contributed by atoms with Crippen LogP contribution in [-0.2, 0) is 4.79 Å². The lowest BCUT2D eigenvalue weighted by atomic mass is 9.92. The largest absolute Gasteiger partial charge is 0.325 e. The Bertz CT molecular complexity index is 460. The van der Waals surface area contributed by atoms with E-state index in [2.05, 4.69) is 5.32 Å². The Morgan fingerprint density at radius 2 is 2.05 bits per heavy atom. The van der Waals surface area contributed by atoms with Crippen LogP contribution in [0.3, 0.4) is 0 Å². The van der Waals surface area contributed by atoms with Gasteiger partial charge >= 0.3 is 0 Å². The van der Waals surface area contributed by atoms with Gasteiger partial charge in [0.2, 0.25) is 5.91 Å². The third-order valence-corrected chi connectivity index (χ3v) is 3.42. The topological polar surface area (TPSA) is 29.1 Å². The molecule has 1 rings (SSSR count). The Balaban J connectivity index is 2.89. The molecule has 0 radical (unpaired) electrons. The summed E-state index contributed by atoms with van der Waals surface area (Å²) in [4.78, 5) is 12.0. The average molecular weight is 308 g/mol. The van der Waals surface area contributed by atoms with Gasteiger partial charge in [-0.05, 0) is 17.5 Å². The fourth-order valence-corrected chi connectivity index (χ4v) is 2.41. The lowest BCUT2D eigenvalue weighted by Crippen LogP contribution is -2.20. The van der Waals surface area contributed by atoms with Gasteiger partial charge in [-0.2, -0.15) is 8.78 Å². The quantitative estimate of drug-likeness (QED) is 0.790. The second kappa shape index (κ2) is 6.57. The highest BCUT2D eigenvalue weighted by molar-refractivity contribution is 7.99. The molecule has 0 aliphatic heterocycles. The van der Waals surface area contributed by atoms with Gasteiger partial charge in [-0.25, -0.2) is 0 Å². The van der Waals surface area contributed by atoms with Crippen LogP contribution >= 0.6 is 23.4 Å².